The van der Waals surface area contributed by atoms with E-state index in [0.717, 1.165) is 0 Å². The molecule has 1 aromatic heterocycles. The normalized spacial score (nSPS) is 12.0. The van der Waals surface area contributed by atoms with Gasteiger partial charge in [0.25, 0.3) is 5.91 Å². The molecule has 1 unspecified atom stereocenters. The van der Waals surface area contributed by atoms with Crippen molar-refractivity contribution in [2.24, 2.45) is 4.99 Å². The molecule has 0 aliphatic heterocycles. The van der Waals surface area contributed by atoms with E-state index in [1.807, 2.05) is 18.2 Å². The fourth-order valence-corrected chi connectivity index (χ4v) is 2.08. The topological polar surface area (TPSA) is 78.7 Å². The molecule has 1 heterocycles. The van der Waals surface area contributed by atoms with Gasteiger partial charge in [0.05, 0.1) is 12.3 Å². The lowest BCUT2D eigenvalue weighted by molar-refractivity contribution is 0.0926. The van der Waals surface area contributed by atoms with Gasteiger partial charge in [-0.05, 0) is 24.6 Å². The highest BCUT2D eigenvalue weighted by molar-refractivity contribution is 14.0. The molecular weight excluding hydrogens is 419 g/mol. The summed E-state index contributed by atoms with van der Waals surface area (Å²) in [7, 11) is 1.72. The lowest BCUT2D eigenvalue weighted by Crippen LogP contribution is -2.42. The summed E-state index contributed by atoms with van der Waals surface area (Å²) >= 11 is 0. The average molecular weight is 442 g/mol. The van der Waals surface area contributed by atoms with E-state index in [2.05, 4.69) is 40.0 Å². The molecule has 1 aromatic carbocycles. The zero-order chi connectivity index (χ0) is 16.5. The van der Waals surface area contributed by atoms with Crippen LogP contribution in [-0.4, -0.2) is 32.0 Å². The van der Waals surface area contributed by atoms with Crippen LogP contribution in [0.15, 0.2) is 58.1 Å². The molecule has 0 saturated carbocycles. The van der Waals surface area contributed by atoms with Crippen molar-refractivity contribution >= 4 is 35.8 Å². The van der Waals surface area contributed by atoms with E-state index >= 15 is 0 Å². The minimum absolute atomic E-state index is 0. The predicted molar refractivity (Wildman–Crippen MR) is 106 cm³/mol. The van der Waals surface area contributed by atoms with Gasteiger partial charge in [0.2, 0.25) is 0 Å². The van der Waals surface area contributed by atoms with Gasteiger partial charge in [-0.15, -0.1) is 24.0 Å². The van der Waals surface area contributed by atoms with Crippen LogP contribution in [0.5, 0.6) is 0 Å². The van der Waals surface area contributed by atoms with Crippen molar-refractivity contribution in [3.63, 3.8) is 0 Å². The average Bonchev–Trinajstić information content (AvgIpc) is 3.12. The Hall–Kier alpha value is -2.03. The second kappa shape index (κ2) is 10.7. The maximum atomic E-state index is 11.7. The molecule has 130 valence electrons. The van der Waals surface area contributed by atoms with Crippen LogP contribution in [0.2, 0.25) is 0 Å². The molecule has 7 heteroatoms. The van der Waals surface area contributed by atoms with Gasteiger partial charge in [0, 0.05) is 20.1 Å². The largest absolute Gasteiger partial charge is 0.459 e. The number of aliphatic imine (C=N–C) groups is 1. The van der Waals surface area contributed by atoms with Crippen molar-refractivity contribution in [2.45, 2.75) is 13.0 Å². The standard InChI is InChI=1S/C17H22N4O2.HI/c1-13(14-7-4-3-5-8-14)21-17(18-2)20-11-10-19-16(22)15-9-6-12-23-15;/h3-9,12-13H,10-11H2,1-2H3,(H,19,22)(H2,18,20,21);1H. The Morgan fingerprint density at radius 3 is 2.46 bits per heavy atom. The summed E-state index contributed by atoms with van der Waals surface area (Å²) in [5, 5.41) is 9.24. The van der Waals surface area contributed by atoms with Gasteiger partial charge in [-0.1, -0.05) is 30.3 Å². The Bertz CT molecular complexity index is 629. The van der Waals surface area contributed by atoms with E-state index in [1.165, 1.54) is 11.8 Å². The number of guanidine groups is 1. The van der Waals surface area contributed by atoms with Crippen LogP contribution in [0.4, 0.5) is 0 Å². The molecule has 3 N–H and O–H groups in total. The molecule has 1 atom stereocenters. The highest BCUT2D eigenvalue weighted by atomic mass is 127. The van der Waals surface area contributed by atoms with Crippen LogP contribution in [0, 0.1) is 0 Å². The molecular formula is C17H23IN4O2. The van der Waals surface area contributed by atoms with E-state index < -0.39 is 0 Å². The maximum Gasteiger partial charge on any atom is 0.287 e. The van der Waals surface area contributed by atoms with E-state index in [9.17, 15) is 4.79 Å². The van der Waals surface area contributed by atoms with Gasteiger partial charge in [0.1, 0.15) is 0 Å². The Morgan fingerprint density at radius 1 is 1.12 bits per heavy atom. The van der Waals surface area contributed by atoms with Crippen LogP contribution in [0.1, 0.15) is 29.1 Å². The smallest absolute Gasteiger partial charge is 0.287 e. The van der Waals surface area contributed by atoms with Crippen LogP contribution >= 0.6 is 24.0 Å². The SMILES string of the molecule is CN=C(NCCNC(=O)c1ccco1)NC(C)c1ccccc1.I. The monoisotopic (exact) mass is 442 g/mol. The molecule has 6 nitrogen and oxygen atoms in total. The second-order valence-electron chi connectivity index (χ2n) is 5.01. The maximum absolute atomic E-state index is 11.7. The third-order valence-electron chi connectivity index (χ3n) is 3.32. The molecule has 0 spiro atoms. The first-order valence-electron chi connectivity index (χ1n) is 7.54. The van der Waals surface area contributed by atoms with Gasteiger partial charge in [0.15, 0.2) is 11.7 Å². The number of amides is 1. The zero-order valence-corrected chi connectivity index (χ0v) is 16.1. The number of hydrogen-bond acceptors (Lipinski definition) is 3. The predicted octanol–water partition coefficient (Wildman–Crippen LogP) is 2.55. The van der Waals surface area contributed by atoms with Crippen LogP contribution < -0.4 is 16.0 Å². The summed E-state index contributed by atoms with van der Waals surface area (Å²) in [5.41, 5.74) is 1.18. The van der Waals surface area contributed by atoms with Gasteiger partial charge in [-0.3, -0.25) is 9.79 Å². The molecule has 1 amide bonds. The number of hydrogen-bond donors (Lipinski definition) is 3. The van der Waals surface area contributed by atoms with Crippen LogP contribution in [0.25, 0.3) is 0 Å². The summed E-state index contributed by atoms with van der Waals surface area (Å²) in [5.74, 6) is 0.774. The molecule has 2 rings (SSSR count). The number of furan rings is 1. The van der Waals surface area contributed by atoms with Crippen molar-refractivity contribution in [3.8, 4) is 0 Å². The number of carbonyl (C=O) groups excluding carboxylic acids is 1. The first-order valence-corrected chi connectivity index (χ1v) is 7.54. The molecule has 0 radical (unpaired) electrons. The number of carbonyl (C=O) groups is 1. The molecule has 0 bridgehead atoms. The Morgan fingerprint density at radius 2 is 1.83 bits per heavy atom. The van der Waals surface area contributed by atoms with Crippen LogP contribution in [-0.2, 0) is 0 Å². The van der Waals surface area contributed by atoms with Gasteiger partial charge in [-0.25, -0.2) is 0 Å². The summed E-state index contributed by atoms with van der Waals surface area (Å²) in [4.78, 5) is 15.9. The second-order valence-corrected chi connectivity index (χ2v) is 5.01. The van der Waals surface area contributed by atoms with E-state index in [1.54, 1.807) is 19.2 Å². The van der Waals surface area contributed by atoms with Crippen molar-refractivity contribution < 1.29 is 9.21 Å². The Kier molecular flexibility index (Phi) is 8.92. The Balaban J connectivity index is 0.00000288. The van der Waals surface area contributed by atoms with Crippen molar-refractivity contribution in [1.29, 1.82) is 0 Å². The third-order valence-corrected chi connectivity index (χ3v) is 3.32. The highest BCUT2D eigenvalue weighted by Crippen LogP contribution is 2.10. The third kappa shape index (κ3) is 6.23. The quantitative estimate of drug-likeness (QED) is 0.278. The molecule has 0 aliphatic rings. The van der Waals surface area contributed by atoms with Crippen molar-refractivity contribution in [1.82, 2.24) is 16.0 Å². The number of rotatable bonds is 6. The lowest BCUT2D eigenvalue weighted by Gasteiger charge is -2.18. The minimum atomic E-state index is -0.225. The molecule has 0 aliphatic carbocycles. The summed E-state index contributed by atoms with van der Waals surface area (Å²) in [6, 6.07) is 13.6. The van der Waals surface area contributed by atoms with Gasteiger partial charge < -0.3 is 20.4 Å². The minimum Gasteiger partial charge on any atom is -0.459 e. The van der Waals surface area contributed by atoms with Gasteiger partial charge >= 0.3 is 0 Å². The number of benzene rings is 1. The molecule has 2 aromatic rings. The first kappa shape index (κ1) is 20.0. The van der Waals surface area contributed by atoms with E-state index in [4.69, 9.17) is 4.42 Å². The Labute approximate surface area is 159 Å². The lowest BCUT2D eigenvalue weighted by atomic mass is 10.1. The molecule has 0 saturated heterocycles. The number of nitrogens with zero attached hydrogens (tertiary/aromatic N) is 1. The summed E-state index contributed by atoms with van der Waals surface area (Å²) < 4.78 is 5.03. The molecule has 0 fully saturated rings. The molecule has 24 heavy (non-hydrogen) atoms. The van der Waals surface area contributed by atoms with Crippen LogP contribution in [0.3, 0.4) is 0 Å². The fourth-order valence-electron chi connectivity index (χ4n) is 2.08. The highest BCUT2D eigenvalue weighted by Gasteiger charge is 2.08. The van der Waals surface area contributed by atoms with E-state index in [-0.39, 0.29) is 35.9 Å². The van der Waals surface area contributed by atoms with Crippen molar-refractivity contribution in [3.05, 3.63) is 60.1 Å². The van der Waals surface area contributed by atoms with Gasteiger partial charge in [-0.2, -0.15) is 0 Å². The van der Waals surface area contributed by atoms with Crippen molar-refractivity contribution in [2.75, 3.05) is 20.1 Å². The first-order chi connectivity index (χ1) is 11.2. The zero-order valence-electron chi connectivity index (χ0n) is 13.8. The van der Waals surface area contributed by atoms with E-state index in [0.29, 0.717) is 24.8 Å². The summed E-state index contributed by atoms with van der Waals surface area (Å²) in [6.07, 6.45) is 1.48. The number of halogens is 1. The fraction of sp³-hybridized carbons (Fsp3) is 0.294. The summed E-state index contributed by atoms with van der Waals surface area (Å²) in [6.45, 7) is 3.11. The number of nitrogens with one attached hydrogen (secondary N) is 3.